The number of hydrogen-bond donors (Lipinski definition) is 0. The number of furan rings is 1. The van der Waals surface area contributed by atoms with Gasteiger partial charge in [-0.2, -0.15) is 0 Å². The van der Waals surface area contributed by atoms with Crippen molar-refractivity contribution >= 4 is 21.9 Å². The van der Waals surface area contributed by atoms with Gasteiger partial charge in [-0.05, 0) is 68.8 Å². The minimum atomic E-state index is -0.524. The molecule has 1 aliphatic rings. The molecule has 0 amide bonds. The van der Waals surface area contributed by atoms with Crippen LogP contribution in [0.25, 0.3) is 78.1 Å². The number of benzene rings is 8. The highest BCUT2D eigenvalue weighted by atomic mass is 16.3. The minimum absolute atomic E-state index is 0.524. The molecule has 0 fully saturated rings. The highest BCUT2D eigenvalue weighted by Gasteiger charge is 2.46. The fourth-order valence-corrected chi connectivity index (χ4v) is 8.94. The summed E-state index contributed by atoms with van der Waals surface area (Å²) in [6.07, 6.45) is 0. The van der Waals surface area contributed by atoms with Gasteiger partial charge in [-0.3, -0.25) is 0 Å². The van der Waals surface area contributed by atoms with E-state index in [0.29, 0.717) is 5.82 Å². The van der Waals surface area contributed by atoms with Crippen LogP contribution in [0.3, 0.4) is 0 Å². The van der Waals surface area contributed by atoms with Gasteiger partial charge in [0.15, 0.2) is 5.82 Å². The Bertz CT molecular complexity index is 2960. The Morgan fingerprint density at radius 3 is 1.68 bits per heavy atom. The Morgan fingerprint density at radius 2 is 0.946 bits per heavy atom. The molecule has 0 atom stereocenters. The van der Waals surface area contributed by atoms with Crippen molar-refractivity contribution in [3.8, 4) is 56.2 Å². The summed E-state index contributed by atoms with van der Waals surface area (Å²) < 4.78 is 6.85. The van der Waals surface area contributed by atoms with Crippen LogP contribution in [0.2, 0.25) is 0 Å². The number of aromatic nitrogens is 2. The molecule has 3 nitrogen and oxygen atoms in total. The van der Waals surface area contributed by atoms with Gasteiger partial charge in [0.2, 0.25) is 0 Å². The second-order valence-electron chi connectivity index (χ2n) is 14.4. The lowest BCUT2D eigenvalue weighted by Gasteiger charge is -2.34. The molecule has 0 bridgehead atoms. The topological polar surface area (TPSA) is 38.9 Å². The Morgan fingerprint density at radius 1 is 0.375 bits per heavy atom. The van der Waals surface area contributed by atoms with Crippen molar-refractivity contribution < 1.29 is 4.42 Å². The van der Waals surface area contributed by atoms with Crippen LogP contribution >= 0.6 is 0 Å². The van der Waals surface area contributed by atoms with Gasteiger partial charge in [0, 0.05) is 21.9 Å². The van der Waals surface area contributed by atoms with Gasteiger partial charge in [0.25, 0.3) is 0 Å². The van der Waals surface area contributed by atoms with Gasteiger partial charge < -0.3 is 4.42 Å². The molecule has 11 rings (SSSR count). The van der Waals surface area contributed by atoms with Crippen molar-refractivity contribution in [2.45, 2.75) is 5.41 Å². The van der Waals surface area contributed by atoms with Crippen LogP contribution in [0.4, 0.5) is 0 Å². The van der Waals surface area contributed by atoms with E-state index in [1.807, 2.05) is 36.4 Å². The lowest BCUT2D eigenvalue weighted by atomic mass is 9.67. The molecule has 0 unspecified atom stereocenters. The van der Waals surface area contributed by atoms with Crippen LogP contribution in [0.1, 0.15) is 22.3 Å². The molecule has 3 heteroatoms. The van der Waals surface area contributed by atoms with Crippen molar-refractivity contribution in [3.63, 3.8) is 0 Å². The van der Waals surface area contributed by atoms with Crippen LogP contribution in [0, 0.1) is 0 Å². The Hall–Kier alpha value is -7.36. The minimum Gasteiger partial charge on any atom is -0.455 e. The maximum absolute atomic E-state index is 6.85. The summed E-state index contributed by atoms with van der Waals surface area (Å²) in [7, 11) is 0. The molecule has 2 heterocycles. The predicted molar refractivity (Wildman–Crippen MR) is 228 cm³/mol. The molecular weight excluding hydrogens is 681 g/mol. The summed E-state index contributed by atoms with van der Waals surface area (Å²) >= 11 is 0. The number of fused-ring (bicyclic) bond motifs is 6. The Labute approximate surface area is 325 Å². The maximum atomic E-state index is 6.85. The molecule has 0 saturated heterocycles. The summed E-state index contributed by atoms with van der Waals surface area (Å²) in [5.74, 6) is 0.664. The first kappa shape index (κ1) is 32.1. The highest BCUT2D eigenvalue weighted by Crippen LogP contribution is 2.57. The summed E-state index contributed by atoms with van der Waals surface area (Å²) in [5, 5.41) is 2.13. The molecule has 0 aliphatic heterocycles. The zero-order valence-corrected chi connectivity index (χ0v) is 30.4. The third-order valence-electron chi connectivity index (χ3n) is 11.4. The van der Waals surface area contributed by atoms with Crippen LogP contribution in [0.15, 0.2) is 211 Å². The van der Waals surface area contributed by atoms with E-state index < -0.39 is 5.41 Å². The summed E-state index contributed by atoms with van der Waals surface area (Å²) in [6, 6.07) is 73.3. The lowest BCUT2D eigenvalue weighted by molar-refractivity contribution is 0.670. The van der Waals surface area contributed by atoms with Crippen LogP contribution in [-0.4, -0.2) is 9.97 Å². The third kappa shape index (κ3) is 4.91. The maximum Gasteiger partial charge on any atom is 0.160 e. The normalized spacial score (nSPS) is 12.8. The van der Waals surface area contributed by atoms with Crippen molar-refractivity contribution in [1.82, 2.24) is 9.97 Å². The largest absolute Gasteiger partial charge is 0.455 e. The molecule has 2 aromatic heterocycles. The van der Waals surface area contributed by atoms with Crippen molar-refractivity contribution in [2.24, 2.45) is 0 Å². The summed E-state index contributed by atoms with van der Waals surface area (Å²) in [6.45, 7) is 0. The van der Waals surface area contributed by atoms with E-state index in [2.05, 4.69) is 170 Å². The molecule has 0 N–H and O–H groups in total. The zero-order valence-electron chi connectivity index (χ0n) is 30.4. The second-order valence-corrected chi connectivity index (χ2v) is 14.4. The SMILES string of the molecule is c1ccc(-c2cc(-c3c(-c4ccc5c(c4)C(c4ccccc4)(c4ccccc4)c4ccccc4-5)ccc4c3oc3ccccc34)nc(-c3ccccc3)n2)cc1. The van der Waals surface area contributed by atoms with E-state index in [9.17, 15) is 0 Å². The quantitative estimate of drug-likeness (QED) is 0.172. The summed E-state index contributed by atoms with van der Waals surface area (Å²) in [5.41, 5.74) is 15.3. The van der Waals surface area contributed by atoms with Crippen LogP contribution in [0.5, 0.6) is 0 Å². The second kappa shape index (κ2) is 12.9. The zero-order chi connectivity index (χ0) is 37.1. The first-order chi connectivity index (χ1) is 27.8. The molecule has 0 spiro atoms. The first-order valence-corrected chi connectivity index (χ1v) is 19.1. The smallest absolute Gasteiger partial charge is 0.160 e. The molecular formula is C53H34N2O. The number of nitrogens with zero attached hydrogens (tertiary/aromatic N) is 2. The van der Waals surface area contributed by atoms with E-state index in [1.54, 1.807) is 0 Å². The average molecular weight is 715 g/mol. The first-order valence-electron chi connectivity index (χ1n) is 19.1. The number of hydrogen-bond acceptors (Lipinski definition) is 3. The van der Waals surface area contributed by atoms with Gasteiger partial charge in [-0.25, -0.2) is 9.97 Å². The molecule has 0 saturated carbocycles. The fraction of sp³-hybridized carbons (Fsp3) is 0.0189. The molecule has 10 aromatic rings. The monoisotopic (exact) mass is 714 g/mol. The highest BCUT2D eigenvalue weighted by molar-refractivity contribution is 6.12. The van der Waals surface area contributed by atoms with E-state index in [0.717, 1.165) is 61.1 Å². The lowest BCUT2D eigenvalue weighted by Crippen LogP contribution is -2.28. The molecule has 1 aliphatic carbocycles. The standard InChI is InChI=1S/C53H34N2O/c1-5-17-35(18-6-1)47-34-48(55-52(54-47)36-19-7-2-8-20-36)50-40(31-32-44-43-26-14-16-28-49(43)56-51(44)50)37-29-30-42-41-25-13-15-27-45(41)53(46(42)33-37,38-21-9-3-10-22-38)39-23-11-4-12-24-39/h1-34H. The summed E-state index contributed by atoms with van der Waals surface area (Å²) in [4.78, 5) is 10.5. The van der Waals surface area contributed by atoms with Crippen molar-refractivity contribution in [1.29, 1.82) is 0 Å². The molecule has 8 aromatic carbocycles. The third-order valence-corrected chi connectivity index (χ3v) is 11.4. The van der Waals surface area contributed by atoms with Crippen LogP contribution in [-0.2, 0) is 5.41 Å². The van der Waals surface area contributed by atoms with Crippen LogP contribution < -0.4 is 0 Å². The fourth-order valence-electron chi connectivity index (χ4n) is 8.94. The molecule has 56 heavy (non-hydrogen) atoms. The molecule has 0 radical (unpaired) electrons. The van der Waals surface area contributed by atoms with Gasteiger partial charge in [0.05, 0.1) is 22.4 Å². The van der Waals surface area contributed by atoms with Crippen molar-refractivity contribution in [3.05, 3.63) is 229 Å². The van der Waals surface area contributed by atoms with E-state index in [4.69, 9.17) is 14.4 Å². The van der Waals surface area contributed by atoms with Gasteiger partial charge in [-0.15, -0.1) is 0 Å². The average Bonchev–Trinajstić information content (AvgIpc) is 3.81. The van der Waals surface area contributed by atoms with E-state index in [1.165, 1.54) is 33.4 Å². The van der Waals surface area contributed by atoms with Gasteiger partial charge in [0.1, 0.15) is 11.2 Å². The van der Waals surface area contributed by atoms with Crippen molar-refractivity contribution in [2.75, 3.05) is 0 Å². The number of para-hydroxylation sites is 1. The van der Waals surface area contributed by atoms with Gasteiger partial charge >= 0.3 is 0 Å². The number of rotatable bonds is 6. The van der Waals surface area contributed by atoms with E-state index >= 15 is 0 Å². The van der Waals surface area contributed by atoms with E-state index in [-0.39, 0.29) is 0 Å². The Balaban J connectivity index is 1.23. The Kier molecular flexibility index (Phi) is 7.39. The molecule has 262 valence electrons. The predicted octanol–water partition coefficient (Wildman–Crippen LogP) is 13.4. The van der Waals surface area contributed by atoms with Gasteiger partial charge in [-0.1, -0.05) is 182 Å².